The summed E-state index contributed by atoms with van der Waals surface area (Å²) in [6, 6.07) is 0. The number of nitrogens with zero attached hydrogens (tertiary/aromatic N) is 2. The largest absolute Gasteiger partial charge is 0.381 e. The number of methoxy groups -OCH3 is 1. The Kier molecular flexibility index (Phi) is 4.37. The minimum atomic E-state index is -0.402. The van der Waals surface area contributed by atoms with E-state index in [-0.39, 0.29) is 0 Å². The molecule has 5 nitrogen and oxygen atoms in total. The van der Waals surface area contributed by atoms with E-state index in [0.29, 0.717) is 13.2 Å². The maximum atomic E-state index is 5.76. The van der Waals surface area contributed by atoms with Gasteiger partial charge in [-0.15, -0.1) is 0 Å². The highest BCUT2D eigenvalue weighted by Crippen LogP contribution is 2.34. The van der Waals surface area contributed by atoms with Crippen LogP contribution in [0.2, 0.25) is 0 Å². The lowest BCUT2D eigenvalue weighted by atomic mass is 9.92. The number of nitrogens with one attached hydrogen (secondary N) is 1. The highest BCUT2D eigenvalue weighted by molar-refractivity contribution is 5.46. The Morgan fingerprint density at radius 1 is 1.32 bits per heavy atom. The normalized spacial score (nSPS) is 18.3. The second-order valence-electron chi connectivity index (χ2n) is 4.87. The molecule has 1 aliphatic heterocycles. The summed E-state index contributed by atoms with van der Waals surface area (Å²) in [5.74, 6) is 1.69. The van der Waals surface area contributed by atoms with Crippen LogP contribution in [0.5, 0.6) is 0 Å². The fourth-order valence-electron chi connectivity index (χ4n) is 2.65. The van der Waals surface area contributed by atoms with Crippen molar-refractivity contribution in [1.29, 1.82) is 0 Å². The van der Waals surface area contributed by atoms with Crippen LogP contribution in [0.4, 0.5) is 5.82 Å². The molecule has 0 atom stereocenters. The van der Waals surface area contributed by atoms with Crippen molar-refractivity contribution in [2.45, 2.75) is 38.7 Å². The molecule has 1 N–H and O–H groups in total. The third kappa shape index (κ3) is 2.58. The maximum Gasteiger partial charge on any atom is 0.163 e. The molecule has 106 valence electrons. The molecule has 2 heterocycles. The van der Waals surface area contributed by atoms with Crippen LogP contribution in [-0.4, -0.2) is 37.3 Å². The van der Waals surface area contributed by atoms with Crippen LogP contribution in [0.1, 0.15) is 36.8 Å². The van der Waals surface area contributed by atoms with Gasteiger partial charge in [0, 0.05) is 51.5 Å². The summed E-state index contributed by atoms with van der Waals surface area (Å²) in [6.07, 6.45) is 2.53. The summed E-state index contributed by atoms with van der Waals surface area (Å²) in [5.41, 5.74) is 1.80. The average Bonchev–Trinajstić information content (AvgIpc) is 2.47. The number of rotatable bonds is 4. The summed E-state index contributed by atoms with van der Waals surface area (Å²) >= 11 is 0. The zero-order valence-electron chi connectivity index (χ0n) is 12.2. The summed E-state index contributed by atoms with van der Waals surface area (Å²) in [5, 5.41) is 3.17. The van der Waals surface area contributed by atoms with Crippen molar-refractivity contribution < 1.29 is 9.47 Å². The summed E-state index contributed by atoms with van der Waals surface area (Å²) in [4.78, 5) is 9.37. The van der Waals surface area contributed by atoms with Gasteiger partial charge in [-0.05, 0) is 13.3 Å². The van der Waals surface area contributed by atoms with E-state index in [4.69, 9.17) is 9.47 Å². The number of aromatic nitrogens is 2. The highest BCUT2D eigenvalue weighted by Gasteiger charge is 2.38. The van der Waals surface area contributed by atoms with E-state index in [1.165, 1.54) is 5.56 Å². The topological polar surface area (TPSA) is 56.3 Å². The van der Waals surface area contributed by atoms with E-state index in [2.05, 4.69) is 22.2 Å². The van der Waals surface area contributed by atoms with Crippen molar-refractivity contribution in [1.82, 2.24) is 9.97 Å². The van der Waals surface area contributed by atoms with Crippen molar-refractivity contribution in [3.05, 3.63) is 17.1 Å². The molecule has 1 aromatic heterocycles. The van der Waals surface area contributed by atoms with Gasteiger partial charge in [0.25, 0.3) is 0 Å². The Morgan fingerprint density at radius 3 is 2.53 bits per heavy atom. The van der Waals surface area contributed by atoms with Crippen LogP contribution < -0.4 is 5.32 Å². The molecular weight excluding hydrogens is 242 g/mol. The van der Waals surface area contributed by atoms with Gasteiger partial charge in [0.2, 0.25) is 0 Å². The molecule has 1 saturated heterocycles. The fraction of sp³-hybridized carbons (Fsp3) is 0.714. The molecule has 0 aliphatic carbocycles. The van der Waals surface area contributed by atoms with Gasteiger partial charge in [-0.2, -0.15) is 0 Å². The molecular formula is C14H23N3O2. The molecule has 0 amide bonds. The molecule has 0 spiro atoms. The van der Waals surface area contributed by atoms with Gasteiger partial charge in [0.15, 0.2) is 5.82 Å². The van der Waals surface area contributed by atoms with Gasteiger partial charge in [-0.3, -0.25) is 0 Å². The summed E-state index contributed by atoms with van der Waals surface area (Å²) in [6.45, 7) is 5.54. The van der Waals surface area contributed by atoms with Crippen LogP contribution in [0, 0.1) is 6.92 Å². The molecule has 0 saturated carbocycles. The number of hydrogen-bond acceptors (Lipinski definition) is 5. The lowest BCUT2D eigenvalue weighted by Crippen LogP contribution is -2.37. The SMILES string of the molecule is CCc1c(C)nc(C2(OC)CCOCC2)nc1NC. The summed E-state index contributed by atoms with van der Waals surface area (Å²) < 4.78 is 11.2. The van der Waals surface area contributed by atoms with Crippen molar-refractivity contribution in [2.75, 3.05) is 32.7 Å². The van der Waals surface area contributed by atoms with Crippen molar-refractivity contribution >= 4 is 5.82 Å². The first-order valence-corrected chi connectivity index (χ1v) is 6.85. The Bertz CT molecular complexity index is 443. The van der Waals surface area contributed by atoms with E-state index in [9.17, 15) is 0 Å². The zero-order chi connectivity index (χ0) is 13.9. The lowest BCUT2D eigenvalue weighted by molar-refractivity contribution is -0.1000. The van der Waals surface area contributed by atoms with Gasteiger partial charge in [0.1, 0.15) is 11.4 Å². The predicted molar refractivity (Wildman–Crippen MR) is 74.4 cm³/mol. The number of aryl methyl sites for hydroxylation is 1. The molecule has 5 heteroatoms. The minimum Gasteiger partial charge on any atom is -0.381 e. The molecule has 0 bridgehead atoms. The first kappa shape index (κ1) is 14.2. The Morgan fingerprint density at radius 2 is 2.00 bits per heavy atom. The number of ether oxygens (including phenoxy) is 2. The number of anilines is 1. The maximum absolute atomic E-state index is 5.76. The van der Waals surface area contributed by atoms with E-state index in [1.807, 2.05) is 14.0 Å². The Hall–Kier alpha value is -1.20. The molecule has 1 fully saturated rings. The van der Waals surface area contributed by atoms with Crippen molar-refractivity contribution in [2.24, 2.45) is 0 Å². The van der Waals surface area contributed by atoms with Crippen LogP contribution in [0.15, 0.2) is 0 Å². The highest BCUT2D eigenvalue weighted by atomic mass is 16.5. The standard InChI is InChI=1S/C14H23N3O2/c1-5-11-10(2)16-13(17-12(11)15-3)14(18-4)6-8-19-9-7-14/h5-9H2,1-4H3,(H,15,16,17). The molecule has 0 radical (unpaired) electrons. The smallest absolute Gasteiger partial charge is 0.163 e. The molecule has 0 aromatic carbocycles. The fourth-order valence-corrected chi connectivity index (χ4v) is 2.65. The van der Waals surface area contributed by atoms with E-state index in [0.717, 1.165) is 36.6 Å². The predicted octanol–water partition coefficient (Wildman–Crippen LogP) is 2.04. The first-order chi connectivity index (χ1) is 9.16. The van der Waals surface area contributed by atoms with Gasteiger partial charge in [0.05, 0.1) is 0 Å². The van der Waals surface area contributed by atoms with Gasteiger partial charge in [-0.25, -0.2) is 9.97 Å². The van der Waals surface area contributed by atoms with Crippen LogP contribution in [0.3, 0.4) is 0 Å². The van der Waals surface area contributed by atoms with E-state index >= 15 is 0 Å². The van der Waals surface area contributed by atoms with Crippen LogP contribution in [-0.2, 0) is 21.5 Å². The lowest BCUT2D eigenvalue weighted by Gasteiger charge is -2.34. The third-order valence-corrected chi connectivity index (χ3v) is 3.90. The van der Waals surface area contributed by atoms with E-state index in [1.54, 1.807) is 7.11 Å². The summed E-state index contributed by atoms with van der Waals surface area (Å²) in [7, 11) is 3.63. The molecule has 0 unspecified atom stereocenters. The monoisotopic (exact) mass is 265 g/mol. The molecule has 2 rings (SSSR count). The average molecular weight is 265 g/mol. The number of hydrogen-bond donors (Lipinski definition) is 1. The van der Waals surface area contributed by atoms with Crippen LogP contribution >= 0.6 is 0 Å². The minimum absolute atomic E-state index is 0.402. The van der Waals surface area contributed by atoms with Crippen molar-refractivity contribution in [3.63, 3.8) is 0 Å². The zero-order valence-corrected chi connectivity index (χ0v) is 12.2. The van der Waals surface area contributed by atoms with Crippen LogP contribution in [0.25, 0.3) is 0 Å². The molecule has 19 heavy (non-hydrogen) atoms. The quantitative estimate of drug-likeness (QED) is 0.903. The Balaban J connectivity index is 2.46. The molecule has 1 aromatic rings. The third-order valence-electron chi connectivity index (χ3n) is 3.90. The van der Waals surface area contributed by atoms with E-state index < -0.39 is 5.60 Å². The molecule has 1 aliphatic rings. The van der Waals surface area contributed by atoms with Gasteiger partial charge >= 0.3 is 0 Å². The van der Waals surface area contributed by atoms with Crippen molar-refractivity contribution in [3.8, 4) is 0 Å². The Labute approximate surface area is 114 Å². The van der Waals surface area contributed by atoms with Gasteiger partial charge in [-0.1, -0.05) is 6.92 Å². The second kappa shape index (κ2) is 5.84. The second-order valence-corrected chi connectivity index (χ2v) is 4.87. The first-order valence-electron chi connectivity index (χ1n) is 6.85. The van der Waals surface area contributed by atoms with Gasteiger partial charge < -0.3 is 14.8 Å².